The molecule has 2 bridgehead atoms. The van der Waals surface area contributed by atoms with Crippen molar-refractivity contribution in [2.24, 2.45) is 11.8 Å². The molecule has 14 atom stereocenters. The predicted molar refractivity (Wildman–Crippen MR) is 215 cm³/mol. The molecule has 20 nitrogen and oxygen atoms in total. The van der Waals surface area contributed by atoms with E-state index in [2.05, 4.69) is 0 Å². The maximum absolute atomic E-state index is 14.2. The number of ether oxygens (including phenoxy) is 7. The number of phenolic OH excluding ortho intramolecular Hbond substituents is 5. The first kappa shape index (κ1) is 43.9. The molecule has 2 saturated heterocycles. The van der Waals surface area contributed by atoms with E-state index in [-0.39, 0.29) is 51.9 Å². The molecule has 4 fully saturated rings. The number of carbonyl (C=O) groups is 2. The highest BCUT2D eigenvalue weighted by molar-refractivity contribution is 5.88. The Morgan fingerprint density at radius 2 is 1.40 bits per heavy atom. The van der Waals surface area contributed by atoms with Crippen molar-refractivity contribution >= 4 is 18.0 Å². The average molecular weight is 905 g/mol. The number of carbonyl (C=O) groups excluding carboxylic acids is 2. The third-order valence-corrected chi connectivity index (χ3v) is 12.6. The van der Waals surface area contributed by atoms with Gasteiger partial charge in [0.2, 0.25) is 12.6 Å². The number of aliphatic hydroxyl groups excluding tert-OH is 5. The highest BCUT2D eigenvalue weighted by Crippen LogP contribution is 2.55. The van der Waals surface area contributed by atoms with Gasteiger partial charge in [-0.05, 0) is 90.0 Å². The van der Waals surface area contributed by atoms with Gasteiger partial charge < -0.3 is 89.3 Å². The molecule has 2 saturated carbocycles. The van der Waals surface area contributed by atoms with E-state index in [4.69, 9.17) is 33.2 Å². The highest BCUT2D eigenvalue weighted by Gasteiger charge is 2.76. The third-order valence-electron chi connectivity index (χ3n) is 12.6. The van der Waals surface area contributed by atoms with Crippen LogP contribution in [0.2, 0.25) is 0 Å². The Morgan fingerprint density at radius 1 is 0.738 bits per heavy atom. The van der Waals surface area contributed by atoms with Crippen molar-refractivity contribution in [2.45, 2.75) is 78.8 Å². The van der Waals surface area contributed by atoms with E-state index in [1.54, 1.807) is 0 Å². The van der Waals surface area contributed by atoms with Crippen molar-refractivity contribution in [1.29, 1.82) is 0 Å². The minimum absolute atomic E-state index is 0.0351. The summed E-state index contributed by atoms with van der Waals surface area (Å²) in [6.07, 6.45) is -10.7. The number of aromatic hydroxyl groups is 5. The molecule has 344 valence electrons. The summed E-state index contributed by atoms with van der Waals surface area (Å²) in [5.74, 6) is -6.97. The molecule has 11 N–H and O–H groups in total. The molecule has 9 rings (SSSR count). The van der Waals surface area contributed by atoms with Gasteiger partial charge in [0.1, 0.15) is 77.7 Å². The van der Waals surface area contributed by atoms with E-state index in [9.17, 15) is 65.8 Å². The second-order valence-electron chi connectivity index (χ2n) is 16.7. The predicted octanol–water partition coefficient (Wildman–Crippen LogP) is 0.695. The van der Waals surface area contributed by atoms with E-state index in [0.717, 1.165) is 18.2 Å². The second kappa shape index (κ2) is 16.6. The monoisotopic (exact) mass is 904 g/mol. The van der Waals surface area contributed by atoms with Crippen molar-refractivity contribution < 1.29 is 98.9 Å². The third kappa shape index (κ3) is 7.86. The summed E-state index contributed by atoms with van der Waals surface area (Å²) in [5.41, 5.74) is -3.34. The minimum atomic E-state index is -2.03. The number of esters is 2. The van der Waals surface area contributed by atoms with Crippen molar-refractivity contribution in [3.63, 3.8) is 0 Å². The number of fused-ring (bicyclic) bond motifs is 4. The Morgan fingerprint density at radius 3 is 2.06 bits per heavy atom. The molecule has 65 heavy (non-hydrogen) atoms. The van der Waals surface area contributed by atoms with Gasteiger partial charge in [-0.25, -0.2) is 4.79 Å². The maximum Gasteiger partial charge on any atom is 0.330 e. The van der Waals surface area contributed by atoms with Crippen LogP contribution in [0.5, 0.6) is 46.0 Å². The van der Waals surface area contributed by atoms with Gasteiger partial charge in [0.05, 0.1) is 24.2 Å². The normalized spacial score (nSPS) is 34.2. The van der Waals surface area contributed by atoms with E-state index in [1.165, 1.54) is 72.8 Å². The summed E-state index contributed by atoms with van der Waals surface area (Å²) in [6.45, 7) is -1.26. The smallest absolute Gasteiger partial charge is 0.330 e. The molecule has 3 aliphatic heterocycles. The molecule has 20 heteroatoms. The summed E-state index contributed by atoms with van der Waals surface area (Å²) in [5, 5.41) is 116. The van der Waals surface area contributed by atoms with Crippen LogP contribution in [0.3, 0.4) is 0 Å². The van der Waals surface area contributed by atoms with Gasteiger partial charge in [-0.1, -0.05) is 6.07 Å². The number of hydrogen-bond donors (Lipinski definition) is 11. The van der Waals surface area contributed by atoms with E-state index < -0.39 is 127 Å². The van der Waals surface area contributed by atoms with Crippen molar-refractivity contribution in [3.05, 3.63) is 102 Å². The number of aliphatic hydroxyl groups is 6. The highest BCUT2D eigenvalue weighted by atomic mass is 16.7. The fourth-order valence-corrected chi connectivity index (χ4v) is 9.19. The Hall–Kier alpha value is -6.36. The summed E-state index contributed by atoms with van der Waals surface area (Å²) >= 11 is 0. The van der Waals surface area contributed by atoms with Gasteiger partial charge in [0.15, 0.2) is 23.0 Å². The maximum atomic E-state index is 14.2. The van der Waals surface area contributed by atoms with Crippen LogP contribution in [0.15, 0.2) is 84.9 Å². The summed E-state index contributed by atoms with van der Waals surface area (Å²) in [7, 11) is 0. The van der Waals surface area contributed by atoms with E-state index in [0.29, 0.717) is 0 Å². The first-order chi connectivity index (χ1) is 31.0. The lowest BCUT2D eigenvalue weighted by Crippen LogP contribution is -2.60. The quantitative estimate of drug-likeness (QED) is 0.0529. The molecule has 0 amide bonds. The molecule has 4 aromatic carbocycles. The molecule has 5 aliphatic rings. The summed E-state index contributed by atoms with van der Waals surface area (Å²) in [6, 6.07) is 17.3. The number of phenols is 5. The molecular formula is C45H44O20. The van der Waals surface area contributed by atoms with Crippen LogP contribution < -0.4 is 14.2 Å². The van der Waals surface area contributed by atoms with Gasteiger partial charge >= 0.3 is 11.9 Å². The molecule has 3 heterocycles. The van der Waals surface area contributed by atoms with Crippen LogP contribution in [-0.2, 0) is 28.5 Å². The SMILES string of the molecule is O=C(/C=C/c1cc(O)c2c(c1)[C@@H](C(=O)OCC1O[C@@H](Oc3ccc(O)cc3)C(O)[C@H]3C(O)C13O)[C@H](c1ccc(O)c(O)c1)O2)OCC12CC(O)[C@H](C(O)[C@H](Oc3ccc(O)cc3)O1)[C@H]2O. The Balaban J connectivity index is 0.920. The van der Waals surface area contributed by atoms with Gasteiger partial charge in [-0.15, -0.1) is 0 Å². The minimum Gasteiger partial charge on any atom is -0.508 e. The Bertz CT molecular complexity index is 2480. The van der Waals surface area contributed by atoms with Gasteiger partial charge in [0.25, 0.3) is 0 Å². The van der Waals surface area contributed by atoms with Crippen LogP contribution in [-0.4, -0.2) is 142 Å². The molecule has 0 aromatic heterocycles. The lowest BCUT2D eigenvalue weighted by Gasteiger charge is -2.43. The lowest BCUT2D eigenvalue weighted by molar-refractivity contribution is -0.288. The lowest BCUT2D eigenvalue weighted by atomic mass is 9.89. The van der Waals surface area contributed by atoms with E-state index >= 15 is 0 Å². The van der Waals surface area contributed by atoms with Crippen LogP contribution in [0.25, 0.3) is 6.08 Å². The van der Waals surface area contributed by atoms with Gasteiger partial charge in [0, 0.05) is 24.0 Å². The molecule has 0 radical (unpaired) electrons. The zero-order chi connectivity index (χ0) is 46.1. The zero-order valence-electron chi connectivity index (χ0n) is 33.8. The first-order valence-corrected chi connectivity index (χ1v) is 20.4. The molecule has 2 aliphatic carbocycles. The number of benzene rings is 4. The van der Waals surface area contributed by atoms with Crippen molar-refractivity contribution in [1.82, 2.24) is 0 Å². The number of rotatable bonds is 12. The first-order valence-electron chi connectivity index (χ1n) is 20.4. The standard InChI is InChI=1S/C45H44O20/c46-21-3-7-23(8-4-21)61-42-36(54)34-40(56)45(34,58)30(63-42)17-59-41(57)32-25-13-19(14-28(50)38(25)64-37(32)20-2-11-26(48)27(49)15-20)1-12-31(52)60-18-44-16-29(51)33(39(44)55)35(53)43(65-44)62-24-9-5-22(47)6-10-24/h1-15,29-30,32-37,39-40,42-43,46-51,53-56,58H,16-18H2/b12-1+/t29?,30?,32-,33-,34+,35?,36?,37+,39-,40?,42-,43-,44?,45?/m1/s1. The van der Waals surface area contributed by atoms with Crippen LogP contribution in [0.1, 0.15) is 35.1 Å². The molecule has 0 spiro atoms. The molecule has 7 unspecified atom stereocenters. The van der Waals surface area contributed by atoms with Crippen molar-refractivity contribution in [2.75, 3.05) is 13.2 Å². The van der Waals surface area contributed by atoms with Crippen molar-refractivity contribution in [3.8, 4) is 46.0 Å². The van der Waals surface area contributed by atoms with E-state index in [1.807, 2.05) is 0 Å². The van der Waals surface area contributed by atoms with Gasteiger partial charge in [-0.3, -0.25) is 4.79 Å². The molecular weight excluding hydrogens is 860 g/mol. The van der Waals surface area contributed by atoms with Crippen LogP contribution in [0.4, 0.5) is 0 Å². The molecule has 4 aromatic rings. The fraction of sp³-hybridized carbons (Fsp3) is 0.378. The zero-order valence-corrected chi connectivity index (χ0v) is 33.8. The topological polar surface area (TPSA) is 321 Å². The Kier molecular flexibility index (Phi) is 11.2. The second-order valence-corrected chi connectivity index (χ2v) is 16.7. The largest absolute Gasteiger partial charge is 0.508 e. The summed E-state index contributed by atoms with van der Waals surface area (Å²) < 4.78 is 40.5. The summed E-state index contributed by atoms with van der Waals surface area (Å²) in [4.78, 5) is 27.3. The fourth-order valence-electron chi connectivity index (χ4n) is 9.19. The average Bonchev–Trinajstić information content (AvgIpc) is 3.54. The van der Waals surface area contributed by atoms with Gasteiger partial charge in [-0.2, -0.15) is 0 Å². The van der Waals surface area contributed by atoms with Crippen LogP contribution >= 0.6 is 0 Å². The van der Waals surface area contributed by atoms with Crippen LogP contribution in [0, 0.1) is 11.8 Å². The Labute approximate surface area is 367 Å². The number of hydrogen-bond acceptors (Lipinski definition) is 20.